The Kier molecular flexibility index (Phi) is 5.81. The fourth-order valence-corrected chi connectivity index (χ4v) is 3.54. The van der Waals surface area contributed by atoms with E-state index in [0.717, 1.165) is 27.9 Å². The van der Waals surface area contributed by atoms with Crippen LogP contribution in [0.15, 0.2) is 60.7 Å². The van der Waals surface area contributed by atoms with Crippen LogP contribution in [-0.2, 0) is 0 Å². The minimum absolute atomic E-state index is 0.0503. The second-order valence-electron chi connectivity index (χ2n) is 7.33. The van der Waals surface area contributed by atoms with Crippen LogP contribution in [0.25, 0.3) is 17.1 Å². The molecule has 31 heavy (non-hydrogen) atoms. The Morgan fingerprint density at radius 1 is 0.968 bits per heavy atom. The number of halogens is 2. The van der Waals surface area contributed by atoms with Gasteiger partial charge in [0.2, 0.25) is 5.82 Å². The molecule has 1 heterocycles. The first-order valence-corrected chi connectivity index (χ1v) is 10.5. The Morgan fingerprint density at radius 2 is 1.71 bits per heavy atom. The average Bonchev–Trinajstić information content (AvgIpc) is 3.18. The van der Waals surface area contributed by atoms with Crippen molar-refractivity contribution in [2.24, 2.45) is 0 Å². The summed E-state index contributed by atoms with van der Waals surface area (Å²) in [5.74, 6) is 0.185. The number of aromatic nitrogens is 3. The van der Waals surface area contributed by atoms with Crippen molar-refractivity contribution in [1.29, 1.82) is 0 Å². The summed E-state index contributed by atoms with van der Waals surface area (Å²) in [5, 5.41) is 8.54. The summed E-state index contributed by atoms with van der Waals surface area (Å²) in [6.07, 6.45) is 0. The molecule has 0 atom stereocenters. The van der Waals surface area contributed by atoms with Crippen molar-refractivity contribution >= 4 is 34.8 Å². The van der Waals surface area contributed by atoms with Crippen molar-refractivity contribution < 1.29 is 4.79 Å². The van der Waals surface area contributed by atoms with E-state index in [9.17, 15) is 4.79 Å². The van der Waals surface area contributed by atoms with E-state index in [-0.39, 0.29) is 5.82 Å². The number of amides is 1. The minimum Gasteiger partial charge on any atom is -0.319 e. The van der Waals surface area contributed by atoms with E-state index in [1.165, 1.54) is 0 Å². The first-order chi connectivity index (χ1) is 14.8. The Labute approximate surface area is 190 Å². The molecule has 1 aromatic heterocycles. The van der Waals surface area contributed by atoms with Crippen LogP contribution in [-0.4, -0.2) is 20.7 Å². The van der Waals surface area contributed by atoms with Crippen molar-refractivity contribution in [2.45, 2.75) is 20.8 Å². The highest BCUT2D eigenvalue weighted by atomic mass is 35.5. The molecular formula is C24H20Cl2N4O. The zero-order valence-corrected chi connectivity index (χ0v) is 18.8. The van der Waals surface area contributed by atoms with Crippen LogP contribution in [0.3, 0.4) is 0 Å². The zero-order valence-electron chi connectivity index (χ0n) is 17.3. The van der Waals surface area contributed by atoms with Crippen LogP contribution in [0.4, 0.5) is 5.69 Å². The van der Waals surface area contributed by atoms with Crippen molar-refractivity contribution in [1.82, 2.24) is 14.8 Å². The highest BCUT2D eigenvalue weighted by molar-refractivity contribution is 6.31. The number of rotatable bonds is 4. The van der Waals surface area contributed by atoms with Gasteiger partial charge in [-0.05, 0) is 56.2 Å². The standard InChI is InChI=1S/C24H20Cl2N4O/c1-14-7-10-17(11-8-14)23-28-22(24(31)27-20-13-18(25)12-9-15(20)2)29-30(23)21-6-4-5-19(26)16(21)3/h4-13H,1-3H3,(H,27,31). The Bertz CT molecular complexity index is 1280. The van der Waals surface area contributed by atoms with Crippen LogP contribution < -0.4 is 5.32 Å². The number of hydrogen-bond donors (Lipinski definition) is 1. The largest absolute Gasteiger partial charge is 0.319 e. The number of hydrogen-bond acceptors (Lipinski definition) is 3. The third-order valence-electron chi connectivity index (χ3n) is 5.04. The maximum absolute atomic E-state index is 13.0. The topological polar surface area (TPSA) is 59.8 Å². The number of nitrogens with zero attached hydrogens (tertiary/aromatic N) is 3. The summed E-state index contributed by atoms with van der Waals surface area (Å²) in [5.41, 5.74) is 5.08. The van der Waals surface area contributed by atoms with Crippen LogP contribution in [0, 0.1) is 20.8 Å². The number of benzene rings is 3. The molecule has 0 unspecified atom stereocenters. The molecular weight excluding hydrogens is 431 g/mol. The maximum atomic E-state index is 13.0. The molecule has 0 saturated carbocycles. The molecule has 0 aliphatic carbocycles. The number of aryl methyl sites for hydroxylation is 2. The van der Waals surface area contributed by atoms with Crippen LogP contribution in [0.5, 0.6) is 0 Å². The van der Waals surface area contributed by atoms with Crippen LogP contribution >= 0.6 is 23.2 Å². The first kappa shape index (κ1) is 21.1. The lowest BCUT2D eigenvalue weighted by molar-refractivity contribution is 0.101. The molecule has 156 valence electrons. The lowest BCUT2D eigenvalue weighted by Crippen LogP contribution is -2.15. The number of anilines is 1. The van der Waals surface area contributed by atoms with Gasteiger partial charge in [0.25, 0.3) is 5.91 Å². The molecule has 3 aromatic carbocycles. The molecule has 0 radical (unpaired) electrons. The number of nitrogens with one attached hydrogen (secondary N) is 1. The summed E-state index contributed by atoms with van der Waals surface area (Å²) < 4.78 is 1.66. The van der Waals surface area contributed by atoms with Gasteiger partial charge < -0.3 is 5.32 Å². The Balaban J connectivity index is 1.81. The zero-order chi connectivity index (χ0) is 22.1. The molecule has 0 aliphatic heterocycles. The fourth-order valence-electron chi connectivity index (χ4n) is 3.20. The lowest BCUT2D eigenvalue weighted by Gasteiger charge is -2.10. The third kappa shape index (κ3) is 4.33. The van der Waals surface area contributed by atoms with Gasteiger partial charge in [-0.3, -0.25) is 4.79 Å². The van der Waals surface area contributed by atoms with Gasteiger partial charge in [-0.25, -0.2) is 9.67 Å². The van der Waals surface area contributed by atoms with E-state index in [1.807, 2.05) is 69.3 Å². The molecule has 5 nitrogen and oxygen atoms in total. The monoisotopic (exact) mass is 450 g/mol. The molecule has 0 fully saturated rings. The summed E-state index contributed by atoms with van der Waals surface area (Å²) in [6, 6.07) is 18.8. The van der Waals surface area contributed by atoms with Gasteiger partial charge in [0, 0.05) is 21.3 Å². The molecule has 1 amide bonds. The minimum atomic E-state index is -0.419. The predicted octanol–water partition coefficient (Wildman–Crippen LogP) is 6.42. The van der Waals surface area contributed by atoms with E-state index < -0.39 is 5.91 Å². The summed E-state index contributed by atoms with van der Waals surface area (Å²) in [6.45, 7) is 5.82. The quantitative estimate of drug-likeness (QED) is 0.390. The normalized spacial score (nSPS) is 10.9. The molecule has 0 aliphatic rings. The molecule has 7 heteroatoms. The smallest absolute Gasteiger partial charge is 0.295 e. The van der Waals surface area contributed by atoms with E-state index in [1.54, 1.807) is 16.8 Å². The first-order valence-electron chi connectivity index (χ1n) is 9.70. The Morgan fingerprint density at radius 3 is 2.45 bits per heavy atom. The molecule has 4 rings (SSSR count). The average molecular weight is 451 g/mol. The van der Waals surface area contributed by atoms with E-state index >= 15 is 0 Å². The Hall–Kier alpha value is -3.15. The fraction of sp³-hybridized carbons (Fsp3) is 0.125. The molecule has 0 spiro atoms. The van der Waals surface area contributed by atoms with Gasteiger partial charge in [0.1, 0.15) is 0 Å². The molecule has 0 bridgehead atoms. The van der Waals surface area contributed by atoms with Gasteiger partial charge in [-0.1, -0.05) is 65.2 Å². The number of carbonyl (C=O) groups excluding carboxylic acids is 1. The van der Waals surface area contributed by atoms with Crippen molar-refractivity contribution in [2.75, 3.05) is 5.32 Å². The SMILES string of the molecule is Cc1ccc(-c2nc(C(=O)Nc3cc(Cl)ccc3C)nn2-c2cccc(Cl)c2C)cc1. The van der Waals surface area contributed by atoms with E-state index in [0.29, 0.717) is 21.6 Å². The third-order valence-corrected chi connectivity index (χ3v) is 5.68. The molecule has 4 aromatic rings. The highest BCUT2D eigenvalue weighted by Crippen LogP contribution is 2.27. The highest BCUT2D eigenvalue weighted by Gasteiger charge is 2.21. The molecule has 1 N–H and O–H groups in total. The van der Waals surface area contributed by atoms with Crippen molar-refractivity contribution in [3.8, 4) is 17.1 Å². The molecule has 0 saturated heterocycles. The van der Waals surface area contributed by atoms with E-state index in [2.05, 4.69) is 15.4 Å². The van der Waals surface area contributed by atoms with Crippen LogP contribution in [0.1, 0.15) is 27.3 Å². The van der Waals surface area contributed by atoms with Gasteiger partial charge >= 0.3 is 0 Å². The van der Waals surface area contributed by atoms with Gasteiger partial charge in [-0.2, -0.15) is 0 Å². The second kappa shape index (κ2) is 8.53. The lowest BCUT2D eigenvalue weighted by atomic mass is 10.1. The van der Waals surface area contributed by atoms with Crippen LogP contribution in [0.2, 0.25) is 10.0 Å². The summed E-state index contributed by atoms with van der Waals surface area (Å²) in [4.78, 5) is 17.6. The van der Waals surface area contributed by atoms with Crippen molar-refractivity contribution in [3.63, 3.8) is 0 Å². The summed E-state index contributed by atoms with van der Waals surface area (Å²) in [7, 11) is 0. The van der Waals surface area contributed by atoms with E-state index in [4.69, 9.17) is 23.2 Å². The summed E-state index contributed by atoms with van der Waals surface area (Å²) >= 11 is 12.4. The number of carbonyl (C=O) groups is 1. The van der Waals surface area contributed by atoms with Gasteiger partial charge in [-0.15, -0.1) is 5.10 Å². The van der Waals surface area contributed by atoms with Gasteiger partial charge in [0.15, 0.2) is 5.82 Å². The maximum Gasteiger partial charge on any atom is 0.295 e. The predicted molar refractivity (Wildman–Crippen MR) is 125 cm³/mol. The van der Waals surface area contributed by atoms with Gasteiger partial charge in [0.05, 0.1) is 5.69 Å². The second-order valence-corrected chi connectivity index (χ2v) is 8.18. The van der Waals surface area contributed by atoms with Crippen molar-refractivity contribution in [3.05, 3.63) is 93.2 Å².